The van der Waals surface area contributed by atoms with Gasteiger partial charge in [0.15, 0.2) is 0 Å². The number of para-hydroxylation sites is 2. The first kappa shape index (κ1) is 12.7. The van der Waals surface area contributed by atoms with Crippen LogP contribution in [0, 0.1) is 0 Å². The highest BCUT2D eigenvalue weighted by atomic mass is 16.2. The molecule has 1 saturated heterocycles. The minimum Gasteiger partial charge on any atom is -0.323 e. The monoisotopic (exact) mass is 272 g/mol. The predicted octanol–water partition coefficient (Wildman–Crippen LogP) is 0.743. The van der Waals surface area contributed by atoms with Crippen molar-refractivity contribution in [2.75, 3.05) is 11.9 Å². The molecule has 2 aromatic rings. The third-order valence-corrected chi connectivity index (χ3v) is 3.38. The molecule has 1 aromatic carbocycles. The minimum absolute atomic E-state index is 0.00905. The molecule has 0 saturated carbocycles. The molecule has 20 heavy (non-hydrogen) atoms. The molecule has 1 amide bonds. The molecule has 2 N–H and O–H groups in total. The lowest BCUT2D eigenvalue weighted by atomic mass is 10.0. The van der Waals surface area contributed by atoms with Gasteiger partial charge in [-0.25, -0.2) is 0 Å². The van der Waals surface area contributed by atoms with Gasteiger partial charge in [-0.3, -0.25) is 4.79 Å². The number of anilines is 1. The Hall–Kier alpha value is -2.28. The van der Waals surface area contributed by atoms with Gasteiger partial charge in [0, 0.05) is 0 Å². The van der Waals surface area contributed by atoms with Gasteiger partial charge in [-0.2, -0.15) is 4.68 Å². The molecule has 0 bridgehead atoms. The van der Waals surface area contributed by atoms with Gasteiger partial charge in [-0.1, -0.05) is 18.6 Å². The summed E-state index contributed by atoms with van der Waals surface area (Å²) >= 11 is 0. The zero-order valence-corrected chi connectivity index (χ0v) is 11.0. The highest BCUT2D eigenvalue weighted by Crippen LogP contribution is 2.19. The van der Waals surface area contributed by atoms with Crippen LogP contribution in [0.1, 0.15) is 19.3 Å². The van der Waals surface area contributed by atoms with E-state index in [9.17, 15) is 4.79 Å². The first-order valence-corrected chi connectivity index (χ1v) is 6.71. The number of hydrogen-bond acceptors (Lipinski definition) is 5. The topological polar surface area (TPSA) is 84.7 Å². The molecule has 0 radical (unpaired) electrons. The van der Waals surface area contributed by atoms with Crippen LogP contribution in [0.5, 0.6) is 0 Å². The summed E-state index contributed by atoms with van der Waals surface area (Å²) in [7, 11) is 0. The van der Waals surface area contributed by atoms with Crippen LogP contribution in [0.25, 0.3) is 5.69 Å². The van der Waals surface area contributed by atoms with Gasteiger partial charge in [0.1, 0.15) is 6.33 Å². The Kier molecular flexibility index (Phi) is 3.69. The van der Waals surface area contributed by atoms with Crippen molar-refractivity contribution in [2.45, 2.75) is 25.3 Å². The number of nitrogens with zero attached hydrogens (tertiary/aromatic N) is 4. The molecular formula is C13H16N6O. The zero-order chi connectivity index (χ0) is 13.8. The first-order valence-electron chi connectivity index (χ1n) is 6.71. The Balaban J connectivity index is 1.79. The molecule has 104 valence electrons. The van der Waals surface area contributed by atoms with Crippen molar-refractivity contribution in [3.8, 4) is 5.69 Å². The van der Waals surface area contributed by atoms with Crippen LogP contribution in [-0.2, 0) is 4.79 Å². The molecule has 1 aromatic heterocycles. The van der Waals surface area contributed by atoms with Gasteiger partial charge in [-0.05, 0) is 41.9 Å². The number of aromatic nitrogens is 4. The van der Waals surface area contributed by atoms with E-state index in [2.05, 4.69) is 26.2 Å². The molecule has 7 heteroatoms. The van der Waals surface area contributed by atoms with Crippen molar-refractivity contribution in [2.24, 2.45) is 0 Å². The SMILES string of the molecule is O=C(Nc1ccccc1-n1cnnn1)[C@H]1CCCCN1. The molecule has 3 rings (SSSR count). The zero-order valence-electron chi connectivity index (χ0n) is 11.0. The number of piperidine rings is 1. The standard InChI is InChI=1S/C13H16N6O/c20-13(11-6-3-4-8-14-11)16-10-5-1-2-7-12(10)19-9-15-17-18-19/h1-2,5,7,9,11,14H,3-4,6,8H2,(H,16,20)/t11-/m1/s1. The Morgan fingerprint density at radius 1 is 1.35 bits per heavy atom. The van der Waals surface area contributed by atoms with Crippen molar-refractivity contribution in [3.63, 3.8) is 0 Å². The van der Waals surface area contributed by atoms with E-state index in [1.807, 2.05) is 24.3 Å². The van der Waals surface area contributed by atoms with E-state index in [4.69, 9.17) is 0 Å². The van der Waals surface area contributed by atoms with E-state index in [0.29, 0.717) is 5.69 Å². The molecule has 0 unspecified atom stereocenters. The van der Waals surface area contributed by atoms with E-state index < -0.39 is 0 Å². The van der Waals surface area contributed by atoms with Gasteiger partial charge in [0.25, 0.3) is 0 Å². The second-order valence-electron chi connectivity index (χ2n) is 4.76. The third kappa shape index (κ3) is 2.67. The summed E-state index contributed by atoms with van der Waals surface area (Å²) in [6.07, 6.45) is 4.59. The third-order valence-electron chi connectivity index (χ3n) is 3.38. The van der Waals surface area contributed by atoms with Crippen molar-refractivity contribution >= 4 is 11.6 Å². The maximum Gasteiger partial charge on any atom is 0.241 e. The van der Waals surface area contributed by atoms with Crippen molar-refractivity contribution in [3.05, 3.63) is 30.6 Å². The molecule has 7 nitrogen and oxygen atoms in total. The number of tetrazole rings is 1. The van der Waals surface area contributed by atoms with E-state index in [0.717, 1.165) is 31.5 Å². The molecular weight excluding hydrogens is 256 g/mol. The maximum absolute atomic E-state index is 12.3. The fraction of sp³-hybridized carbons (Fsp3) is 0.385. The number of rotatable bonds is 3. The van der Waals surface area contributed by atoms with E-state index in [-0.39, 0.29) is 11.9 Å². The van der Waals surface area contributed by atoms with E-state index in [1.165, 1.54) is 11.0 Å². The summed E-state index contributed by atoms with van der Waals surface area (Å²) in [5, 5.41) is 17.3. The maximum atomic E-state index is 12.3. The predicted molar refractivity (Wildman–Crippen MR) is 73.4 cm³/mol. The number of hydrogen-bond donors (Lipinski definition) is 2. The Labute approximate surface area is 116 Å². The summed E-state index contributed by atoms with van der Waals surface area (Å²) in [5.41, 5.74) is 1.46. The van der Waals surface area contributed by atoms with Crippen LogP contribution in [0.3, 0.4) is 0 Å². The van der Waals surface area contributed by atoms with Crippen LogP contribution in [0.4, 0.5) is 5.69 Å². The Bertz CT molecular complexity index is 576. The number of nitrogens with one attached hydrogen (secondary N) is 2. The van der Waals surface area contributed by atoms with Gasteiger partial charge >= 0.3 is 0 Å². The van der Waals surface area contributed by atoms with Gasteiger partial charge in [0.2, 0.25) is 5.91 Å². The van der Waals surface area contributed by atoms with Gasteiger partial charge < -0.3 is 10.6 Å². The van der Waals surface area contributed by atoms with Crippen LogP contribution in [0.2, 0.25) is 0 Å². The minimum atomic E-state index is -0.120. The molecule has 1 atom stereocenters. The normalized spacial score (nSPS) is 18.7. The summed E-state index contributed by atoms with van der Waals surface area (Å²) in [6, 6.07) is 7.34. The summed E-state index contributed by atoms with van der Waals surface area (Å²) in [6.45, 7) is 0.896. The molecule has 1 aliphatic heterocycles. The highest BCUT2D eigenvalue weighted by Gasteiger charge is 2.21. The molecule has 0 aliphatic carbocycles. The summed E-state index contributed by atoms with van der Waals surface area (Å²) < 4.78 is 1.53. The van der Waals surface area contributed by atoms with Crippen molar-refractivity contribution in [1.29, 1.82) is 0 Å². The van der Waals surface area contributed by atoms with Crippen LogP contribution >= 0.6 is 0 Å². The molecule has 0 spiro atoms. The lowest BCUT2D eigenvalue weighted by molar-refractivity contribution is -0.118. The smallest absolute Gasteiger partial charge is 0.241 e. The highest BCUT2D eigenvalue weighted by molar-refractivity contribution is 5.96. The lowest BCUT2D eigenvalue weighted by Crippen LogP contribution is -2.43. The fourth-order valence-corrected chi connectivity index (χ4v) is 2.35. The van der Waals surface area contributed by atoms with Gasteiger partial charge in [-0.15, -0.1) is 5.10 Å². The van der Waals surface area contributed by atoms with Crippen LogP contribution in [0.15, 0.2) is 30.6 Å². The second kappa shape index (κ2) is 5.79. The largest absolute Gasteiger partial charge is 0.323 e. The average Bonchev–Trinajstić information content (AvgIpc) is 3.03. The molecule has 1 aliphatic rings. The summed E-state index contributed by atoms with van der Waals surface area (Å²) in [5.74, 6) is -0.00905. The quantitative estimate of drug-likeness (QED) is 0.861. The molecule has 2 heterocycles. The first-order chi connectivity index (χ1) is 9.84. The number of amides is 1. The fourth-order valence-electron chi connectivity index (χ4n) is 2.35. The van der Waals surface area contributed by atoms with E-state index in [1.54, 1.807) is 0 Å². The number of benzene rings is 1. The lowest BCUT2D eigenvalue weighted by Gasteiger charge is -2.23. The van der Waals surface area contributed by atoms with Crippen LogP contribution in [-0.4, -0.2) is 38.7 Å². The summed E-state index contributed by atoms with van der Waals surface area (Å²) in [4.78, 5) is 12.3. The van der Waals surface area contributed by atoms with Crippen LogP contribution < -0.4 is 10.6 Å². The second-order valence-corrected chi connectivity index (χ2v) is 4.76. The van der Waals surface area contributed by atoms with E-state index >= 15 is 0 Å². The molecule has 1 fully saturated rings. The van der Waals surface area contributed by atoms with Crippen molar-refractivity contribution in [1.82, 2.24) is 25.5 Å². The Morgan fingerprint density at radius 3 is 3.00 bits per heavy atom. The van der Waals surface area contributed by atoms with Crippen molar-refractivity contribution < 1.29 is 4.79 Å². The van der Waals surface area contributed by atoms with Gasteiger partial charge in [0.05, 0.1) is 17.4 Å². The number of carbonyl (C=O) groups is 1. The Morgan fingerprint density at radius 2 is 2.25 bits per heavy atom. The average molecular weight is 272 g/mol. The number of carbonyl (C=O) groups excluding carboxylic acids is 1.